The number of nitrogens with one attached hydrogen (secondary N) is 1. The number of nitrogens with two attached hydrogens (primary N) is 1. The van der Waals surface area contributed by atoms with Gasteiger partial charge in [-0.05, 0) is 73.9 Å². The summed E-state index contributed by atoms with van der Waals surface area (Å²) in [5, 5.41) is 8.12. The maximum Gasteiger partial charge on any atom is 0.262 e. The largest absolute Gasteiger partial charge is 0.457 e. The van der Waals surface area contributed by atoms with E-state index in [1.807, 2.05) is 60.7 Å². The number of piperidine rings is 2. The molecule has 1 unspecified atom stereocenters. The van der Waals surface area contributed by atoms with Crippen molar-refractivity contribution in [1.82, 2.24) is 44.7 Å². The summed E-state index contributed by atoms with van der Waals surface area (Å²) in [6.07, 6.45) is 3.72. The average molecular weight is 815 g/mol. The molecule has 304 valence electrons. The van der Waals surface area contributed by atoms with Gasteiger partial charge in [0.05, 0.1) is 22.6 Å². The first kappa shape index (κ1) is 38.8. The number of carbonyl (C=O) groups is 4. The van der Waals surface area contributed by atoms with Gasteiger partial charge in [-0.25, -0.2) is 14.6 Å². The van der Waals surface area contributed by atoms with Crippen LogP contribution in [0, 0.1) is 0 Å². The zero-order chi connectivity index (χ0) is 40.5. The Morgan fingerprint density at radius 2 is 1.42 bits per heavy atom. The molecule has 59 heavy (non-hydrogen) atoms. The molecule has 9 rings (SSSR count). The van der Waals surface area contributed by atoms with Crippen LogP contribution in [0.3, 0.4) is 0 Å². The molecule has 6 heterocycles. The van der Waals surface area contributed by atoms with Crippen LogP contribution in [0.25, 0.3) is 22.3 Å². The number of imide groups is 2. The number of piperazine rings is 1. The van der Waals surface area contributed by atoms with E-state index in [4.69, 9.17) is 15.6 Å². The Morgan fingerprint density at radius 3 is 2.15 bits per heavy atom. The van der Waals surface area contributed by atoms with Crippen LogP contribution >= 0.6 is 11.8 Å². The number of amides is 4. The molecular weight excluding hydrogens is 769 g/mol. The summed E-state index contributed by atoms with van der Waals surface area (Å²) < 4.78 is 8.07. The molecular formula is C43H46N10O5S. The Labute approximate surface area is 345 Å². The third-order valence-electron chi connectivity index (χ3n) is 11.8. The van der Waals surface area contributed by atoms with Gasteiger partial charge in [-0.3, -0.25) is 39.2 Å². The van der Waals surface area contributed by atoms with Gasteiger partial charge in [-0.1, -0.05) is 18.2 Å². The molecule has 3 N–H and O–H groups in total. The first-order chi connectivity index (χ1) is 28.8. The Kier molecular flexibility index (Phi) is 11.1. The monoisotopic (exact) mass is 814 g/mol. The van der Waals surface area contributed by atoms with Crippen LogP contribution in [0.2, 0.25) is 0 Å². The number of nitrogens with zero attached hydrogens (tertiary/aromatic N) is 8. The average Bonchev–Trinajstić information content (AvgIpc) is 3.76. The van der Waals surface area contributed by atoms with Gasteiger partial charge in [0, 0.05) is 81.5 Å². The molecule has 2 aromatic heterocycles. The lowest BCUT2D eigenvalue weighted by molar-refractivity contribution is -0.136. The number of hydrogen-bond donors (Lipinski definition) is 2. The van der Waals surface area contributed by atoms with Crippen molar-refractivity contribution in [1.29, 1.82) is 0 Å². The molecule has 3 fully saturated rings. The van der Waals surface area contributed by atoms with Crippen LogP contribution in [0.1, 0.15) is 52.4 Å². The number of anilines is 1. The van der Waals surface area contributed by atoms with Crippen LogP contribution in [0.4, 0.5) is 5.82 Å². The number of aromatic nitrogens is 4. The van der Waals surface area contributed by atoms with Crippen LogP contribution in [-0.2, 0) is 9.59 Å². The Bertz CT molecular complexity index is 2380. The summed E-state index contributed by atoms with van der Waals surface area (Å²) in [4.78, 5) is 68.7. The highest BCUT2D eigenvalue weighted by atomic mass is 32.2. The summed E-state index contributed by atoms with van der Waals surface area (Å²) in [5.74, 6) is 0.866. The van der Waals surface area contributed by atoms with Crippen LogP contribution in [-0.4, -0.2) is 134 Å². The van der Waals surface area contributed by atoms with Crippen molar-refractivity contribution in [2.24, 2.45) is 0 Å². The van der Waals surface area contributed by atoms with E-state index in [-0.39, 0.29) is 24.8 Å². The van der Waals surface area contributed by atoms with E-state index in [0.717, 1.165) is 121 Å². The van der Waals surface area contributed by atoms with Crippen LogP contribution in [0.5, 0.6) is 11.5 Å². The molecule has 3 aromatic carbocycles. The second-order valence-electron chi connectivity index (χ2n) is 15.4. The summed E-state index contributed by atoms with van der Waals surface area (Å²) in [5.41, 5.74) is 9.53. The first-order valence-corrected chi connectivity index (χ1v) is 21.2. The van der Waals surface area contributed by atoms with Crippen molar-refractivity contribution in [2.75, 3.05) is 70.4 Å². The molecule has 4 amide bonds. The number of carbonyl (C=O) groups excluding carboxylic acids is 4. The first-order valence-electron chi connectivity index (χ1n) is 20.3. The normalized spacial score (nSPS) is 19.7. The minimum absolute atomic E-state index is 0.100. The minimum Gasteiger partial charge on any atom is -0.457 e. The predicted octanol–water partition coefficient (Wildman–Crippen LogP) is 4.32. The van der Waals surface area contributed by atoms with Crippen molar-refractivity contribution in [2.45, 2.75) is 42.7 Å². The lowest BCUT2D eigenvalue weighted by atomic mass is 10.0. The number of thioether (sulfide) groups is 1. The maximum absolute atomic E-state index is 13.2. The third-order valence-corrected chi connectivity index (χ3v) is 12.8. The molecule has 3 saturated heterocycles. The zero-order valence-electron chi connectivity index (χ0n) is 32.7. The highest BCUT2D eigenvalue weighted by Gasteiger charge is 2.44. The second-order valence-corrected chi connectivity index (χ2v) is 16.6. The number of ether oxygens (including phenoxy) is 1. The standard InChI is InChI=1S/C43H46N10O5S/c44-39-37-38(28-6-8-31(9-7-28)58-30-4-2-1-3-5-30)48-53(40(37)46-27-45-39)29-14-16-49(17-15-29)18-19-50-20-22-51(23-21-50)24-25-59-32-10-11-33-34(26-32)43(57)52(42(33)56)35-12-13-36(54)47-41(35)55/h1-11,26-27,29,35H,12-25H2,(H2,44,45,46)(H,47,54,55). The number of para-hydroxylation sites is 1. The topological polar surface area (TPSA) is 172 Å². The Balaban J connectivity index is 0.723. The van der Waals surface area contributed by atoms with E-state index in [9.17, 15) is 19.2 Å². The van der Waals surface area contributed by atoms with E-state index in [1.54, 1.807) is 23.9 Å². The van der Waals surface area contributed by atoms with E-state index in [0.29, 0.717) is 16.9 Å². The lowest BCUT2D eigenvalue weighted by Gasteiger charge is -2.37. The van der Waals surface area contributed by atoms with Crippen molar-refractivity contribution >= 4 is 52.2 Å². The fraction of sp³-hybridized carbons (Fsp3) is 0.372. The van der Waals surface area contributed by atoms with E-state index >= 15 is 0 Å². The molecule has 15 nitrogen and oxygen atoms in total. The van der Waals surface area contributed by atoms with Gasteiger partial charge < -0.3 is 15.4 Å². The molecule has 0 saturated carbocycles. The van der Waals surface area contributed by atoms with E-state index in [2.05, 4.69) is 34.7 Å². The van der Waals surface area contributed by atoms with E-state index < -0.39 is 23.8 Å². The van der Waals surface area contributed by atoms with Crippen molar-refractivity contribution in [3.8, 4) is 22.8 Å². The fourth-order valence-electron chi connectivity index (χ4n) is 8.50. The molecule has 1 atom stereocenters. The maximum atomic E-state index is 13.2. The number of hydrogen-bond acceptors (Lipinski definition) is 13. The highest BCUT2D eigenvalue weighted by molar-refractivity contribution is 7.99. The molecule has 4 aliphatic heterocycles. The Morgan fingerprint density at radius 1 is 0.746 bits per heavy atom. The van der Waals surface area contributed by atoms with Crippen LogP contribution < -0.4 is 15.8 Å². The van der Waals surface area contributed by atoms with Gasteiger partial charge >= 0.3 is 0 Å². The van der Waals surface area contributed by atoms with Gasteiger partial charge in [0.1, 0.15) is 35.4 Å². The van der Waals surface area contributed by atoms with Crippen molar-refractivity contribution in [3.63, 3.8) is 0 Å². The Hall–Kier alpha value is -5.68. The van der Waals surface area contributed by atoms with Crippen molar-refractivity contribution < 1.29 is 23.9 Å². The summed E-state index contributed by atoms with van der Waals surface area (Å²) in [7, 11) is 0. The molecule has 0 spiro atoms. The summed E-state index contributed by atoms with van der Waals surface area (Å²) in [6.45, 7) is 9.02. The minimum atomic E-state index is -0.959. The smallest absolute Gasteiger partial charge is 0.262 e. The molecule has 0 bridgehead atoms. The number of nitrogen functional groups attached to an aromatic ring is 1. The molecule has 0 radical (unpaired) electrons. The molecule has 5 aromatic rings. The van der Waals surface area contributed by atoms with Crippen LogP contribution in [0.15, 0.2) is 84.0 Å². The summed E-state index contributed by atoms with van der Waals surface area (Å²) in [6, 6.07) is 22.2. The molecule has 0 aliphatic carbocycles. The van der Waals surface area contributed by atoms with E-state index in [1.165, 1.54) is 6.33 Å². The zero-order valence-corrected chi connectivity index (χ0v) is 33.5. The molecule has 16 heteroatoms. The van der Waals surface area contributed by atoms with Gasteiger partial charge in [0.2, 0.25) is 11.8 Å². The quantitative estimate of drug-likeness (QED) is 0.135. The number of likely N-dealkylation sites (tertiary alicyclic amines) is 1. The predicted molar refractivity (Wildman–Crippen MR) is 223 cm³/mol. The molecule has 4 aliphatic rings. The SMILES string of the molecule is Nc1ncnc2c1c(-c1ccc(Oc3ccccc3)cc1)nn2C1CCN(CCN2CCN(CCSc3ccc4c(c3)C(=O)N(C3CCC(=O)NC3=O)C4=O)CC2)CC1. The number of rotatable bonds is 12. The number of benzene rings is 3. The lowest BCUT2D eigenvalue weighted by Crippen LogP contribution is -2.54. The van der Waals surface area contributed by atoms with Gasteiger partial charge in [0.15, 0.2) is 5.65 Å². The van der Waals surface area contributed by atoms with Gasteiger partial charge in [0.25, 0.3) is 11.8 Å². The highest BCUT2D eigenvalue weighted by Crippen LogP contribution is 2.36. The van der Waals surface area contributed by atoms with Crippen molar-refractivity contribution in [3.05, 3.63) is 90.3 Å². The fourth-order valence-corrected chi connectivity index (χ4v) is 9.45. The second kappa shape index (κ2) is 16.9. The van der Waals surface area contributed by atoms with Gasteiger partial charge in [-0.15, -0.1) is 11.8 Å². The van der Waals surface area contributed by atoms with Gasteiger partial charge in [-0.2, -0.15) is 5.10 Å². The number of fused-ring (bicyclic) bond motifs is 2. The third kappa shape index (κ3) is 8.17. The summed E-state index contributed by atoms with van der Waals surface area (Å²) >= 11 is 1.66.